The summed E-state index contributed by atoms with van der Waals surface area (Å²) in [6.07, 6.45) is 4.99. The maximum absolute atomic E-state index is 12.3. The van der Waals surface area contributed by atoms with Gasteiger partial charge in [-0.15, -0.1) is 0 Å². The van der Waals surface area contributed by atoms with E-state index in [0.717, 1.165) is 31.1 Å². The number of carbonyl (C=O) groups excluding carboxylic acids is 1. The van der Waals surface area contributed by atoms with Gasteiger partial charge >= 0.3 is 5.97 Å². The normalized spacial score (nSPS) is 11.2. The summed E-state index contributed by atoms with van der Waals surface area (Å²) in [5.74, 6) is -1.07. The van der Waals surface area contributed by atoms with Gasteiger partial charge in [-0.3, -0.25) is 9.59 Å². The molecular formula is C17H25NO5S. The van der Waals surface area contributed by atoms with E-state index in [1.807, 2.05) is 6.92 Å². The monoisotopic (exact) mass is 355 g/mol. The first-order valence-corrected chi connectivity index (χ1v) is 9.97. The number of rotatable bonds is 10. The third-order valence-corrected chi connectivity index (χ3v) is 4.85. The molecular weight excluding hydrogens is 330 g/mol. The smallest absolute Gasteiger partial charge is 0.303 e. The summed E-state index contributed by atoms with van der Waals surface area (Å²) in [5.41, 5.74) is 1.20. The van der Waals surface area contributed by atoms with Crippen molar-refractivity contribution in [3.8, 4) is 0 Å². The summed E-state index contributed by atoms with van der Waals surface area (Å²) in [5, 5.41) is 11.3. The fourth-order valence-corrected chi connectivity index (χ4v) is 3.00. The molecule has 1 aromatic rings. The molecule has 0 radical (unpaired) electrons. The molecule has 6 nitrogen and oxygen atoms in total. The lowest BCUT2D eigenvalue weighted by atomic mass is 10.0. The van der Waals surface area contributed by atoms with Crippen LogP contribution in [0, 0.1) is 0 Å². The van der Waals surface area contributed by atoms with E-state index in [0.29, 0.717) is 24.9 Å². The van der Waals surface area contributed by atoms with Gasteiger partial charge in [0.15, 0.2) is 9.84 Å². The maximum Gasteiger partial charge on any atom is 0.303 e. The predicted octanol–water partition coefficient (Wildman–Crippen LogP) is 2.42. The first-order valence-electron chi connectivity index (χ1n) is 8.08. The molecule has 0 unspecified atom stereocenters. The Labute approximate surface area is 143 Å². The SMILES string of the molecule is CCc1ccc(S(C)(=O)=O)cc1C(=O)NCCCCCCC(=O)O. The number of amides is 1. The van der Waals surface area contributed by atoms with Gasteiger partial charge in [0.2, 0.25) is 0 Å². The number of carbonyl (C=O) groups is 2. The Morgan fingerprint density at radius 3 is 2.38 bits per heavy atom. The Morgan fingerprint density at radius 2 is 1.79 bits per heavy atom. The molecule has 1 amide bonds. The number of aliphatic carboxylic acids is 1. The van der Waals surface area contributed by atoms with Crippen LogP contribution in [-0.4, -0.2) is 38.2 Å². The summed E-state index contributed by atoms with van der Waals surface area (Å²) in [6, 6.07) is 4.63. The third-order valence-electron chi connectivity index (χ3n) is 3.74. The van der Waals surface area contributed by atoms with Crippen LogP contribution < -0.4 is 5.32 Å². The number of sulfone groups is 1. The Morgan fingerprint density at radius 1 is 1.12 bits per heavy atom. The zero-order chi connectivity index (χ0) is 18.2. The highest BCUT2D eigenvalue weighted by Gasteiger charge is 2.15. The van der Waals surface area contributed by atoms with Crippen molar-refractivity contribution in [1.82, 2.24) is 5.32 Å². The number of carboxylic acid groups (broad SMARTS) is 1. The molecule has 0 saturated heterocycles. The molecule has 0 spiro atoms. The van der Waals surface area contributed by atoms with Crippen LogP contribution in [-0.2, 0) is 21.1 Å². The van der Waals surface area contributed by atoms with Gasteiger partial charge in [0.25, 0.3) is 5.91 Å². The van der Waals surface area contributed by atoms with Crippen LogP contribution in [0.25, 0.3) is 0 Å². The summed E-state index contributed by atoms with van der Waals surface area (Å²) >= 11 is 0. The van der Waals surface area contributed by atoms with Crippen molar-refractivity contribution in [2.75, 3.05) is 12.8 Å². The molecule has 0 atom stereocenters. The van der Waals surface area contributed by atoms with Gasteiger partial charge < -0.3 is 10.4 Å². The van der Waals surface area contributed by atoms with Gasteiger partial charge in [0.05, 0.1) is 4.90 Å². The molecule has 2 N–H and O–H groups in total. The van der Waals surface area contributed by atoms with Crippen molar-refractivity contribution in [3.05, 3.63) is 29.3 Å². The second kappa shape index (κ2) is 9.42. The van der Waals surface area contributed by atoms with Gasteiger partial charge in [-0.05, 0) is 37.0 Å². The van der Waals surface area contributed by atoms with Gasteiger partial charge in [0.1, 0.15) is 0 Å². The molecule has 1 aromatic carbocycles. The van der Waals surface area contributed by atoms with Crippen LogP contribution in [0.5, 0.6) is 0 Å². The van der Waals surface area contributed by atoms with Crippen LogP contribution >= 0.6 is 0 Å². The molecule has 0 aliphatic heterocycles. The lowest BCUT2D eigenvalue weighted by Gasteiger charge is -2.10. The molecule has 1 rings (SSSR count). The number of carboxylic acids is 1. The van der Waals surface area contributed by atoms with E-state index in [1.165, 1.54) is 12.1 Å². The summed E-state index contributed by atoms with van der Waals surface area (Å²) < 4.78 is 23.3. The standard InChI is InChI=1S/C17H25NO5S/c1-3-13-9-10-14(24(2,22)23)12-15(13)17(21)18-11-7-5-4-6-8-16(19)20/h9-10,12H,3-8,11H2,1-2H3,(H,18,21)(H,19,20). The lowest BCUT2D eigenvalue weighted by molar-refractivity contribution is -0.137. The van der Waals surface area contributed by atoms with E-state index in [1.54, 1.807) is 6.07 Å². The van der Waals surface area contributed by atoms with Crippen LogP contribution in [0.2, 0.25) is 0 Å². The molecule has 134 valence electrons. The highest BCUT2D eigenvalue weighted by molar-refractivity contribution is 7.90. The van der Waals surface area contributed by atoms with Crippen molar-refractivity contribution >= 4 is 21.7 Å². The number of hydrogen-bond donors (Lipinski definition) is 2. The molecule has 0 aliphatic carbocycles. The zero-order valence-corrected chi connectivity index (χ0v) is 15.0. The van der Waals surface area contributed by atoms with Gasteiger partial charge in [-0.2, -0.15) is 0 Å². The van der Waals surface area contributed by atoms with Crippen molar-refractivity contribution in [2.24, 2.45) is 0 Å². The van der Waals surface area contributed by atoms with Crippen molar-refractivity contribution < 1.29 is 23.1 Å². The Bertz CT molecular complexity index is 682. The van der Waals surface area contributed by atoms with E-state index < -0.39 is 15.8 Å². The van der Waals surface area contributed by atoms with Gasteiger partial charge in [0, 0.05) is 24.8 Å². The quantitative estimate of drug-likeness (QED) is 0.628. The highest BCUT2D eigenvalue weighted by Crippen LogP contribution is 2.17. The number of unbranched alkanes of at least 4 members (excludes halogenated alkanes) is 3. The molecule has 24 heavy (non-hydrogen) atoms. The molecule has 0 fully saturated rings. The van der Waals surface area contributed by atoms with Gasteiger partial charge in [-0.1, -0.05) is 25.8 Å². The topological polar surface area (TPSA) is 101 Å². The number of nitrogens with one attached hydrogen (secondary N) is 1. The molecule has 0 aromatic heterocycles. The second-order valence-corrected chi connectivity index (χ2v) is 7.77. The number of benzene rings is 1. The summed E-state index contributed by atoms with van der Waals surface area (Å²) in [4.78, 5) is 22.8. The molecule has 0 bridgehead atoms. The fraction of sp³-hybridized carbons (Fsp3) is 0.529. The van der Waals surface area contributed by atoms with Crippen molar-refractivity contribution in [1.29, 1.82) is 0 Å². The van der Waals surface area contributed by atoms with Crippen LogP contribution in [0.1, 0.15) is 54.9 Å². The molecule has 0 aliphatic rings. The van der Waals surface area contributed by atoms with E-state index in [2.05, 4.69) is 5.32 Å². The Hall–Kier alpha value is -1.89. The van der Waals surface area contributed by atoms with Gasteiger partial charge in [-0.25, -0.2) is 8.42 Å². The molecule has 7 heteroatoms. The van der Waals surface area contributed by atoms with Crippen molar-refractivity contribution in [3.63, 3.8) is 0 Å². The van der Waals surface area contributed by atoms with E-state index in [-0.39, 0.29) is 17.2 Å². The first-order chi connectivity index (χ1) is 11.3. The first kappa shape index (κ1) is 20.2. The van der Waals surface area contributed by atoms with Crippen LogP contribution in [0.4, 0.5) is 0 Å². The van der Waals surface area contributed by atoms with E-state index >= 15 is 0 Å². The number of aryl methyl sites for hydroxylation is 1. The largest absolute Gasteiger partial charge is 0.481 e. The Balaban J connectivity index is 2.56. The zero-order valence-electron chi connectivity index (χ0n) is 14.2. The average Bonchev–Trinajstić information content (AvgIpc) is 2.51. The number of hydrogen-bond acceptors (Lipinski definition) is 4. The minimum atomic E-state index is -3.35. The summed E-state index contributed by atoms with van der Waals surface area (Å²) in [7, 11) is -3.35. The van der Waals surface area contributed by atoms with E-state index in [9.17, 15) is 18.0 Å². The maximum atomic E-state index is 12.3. The highest BCUT2D eigenvalue weighted by atomic mass is 32.2. The van der Waals surface area contributed by atoms with Crippen LogP contribution in [0.3, 0.4) is 0 Å². The van der Waals surface area contributed by atoms with E-state index in [4.69, 9.17) is 5.11 Å². The third kappa shape index (κ3) is 6.70. The van der Waals surface area contributed by atoms with Crippen LogP contribution in [0.15, 0.2) is 23.1 Å². The predicted molar refractivity (Wildman–Crippen MR) is 92.0 cm³/mol. The second-order valence-electron chi connectivity index (χ2n) is 5.76. The average molecular weight is 355 g/mol. The lowest BCUT2D eigenvalue weighted by Crippen LogP contribution is -2.25. The Kier molecular flexibility index (Phi) is 7.91. The fourth-order valence-electron chi connectivity index (χ4n) is 2.36. The molecule has 0 saturated carbocycles. The minimum Gasteiger partial charge on any atom is -0.481 e. The summed E-state index contributed by atoms with van der Waals surface area (Å²) in [6.45, 7) is 2.40. The minimum absolute atomic E-state index is 0.138. The van der Waals surface area contributed by atoms with Crippen molar-refractivity contribution in [2.45, 2.75) is 50.3 Å². The molecule has 0 heterocycles.